The normalized spacial score (nSPS) is 12.1. The van der Waals surface area contributed by atoms with E-state index in [4.69, 9.17) is 9.47 Å². The minimum Gasteiger partial charge on any atom is -0.462 e. The van der Waals surface area contributed by atoms with Crippen LogP contribution in [0.3, 0.4) is 0 Å². The highest BCUT2D eigenvalue weighted by molar-refractivity contribution is 5.70. The molecule has 250 valence electrons. The fourth-order valence-electron chi connectivity index (χ4n) is 5.50. The Morgan fingerprint density at radius 1 is 0.524 bits per heavy atom. The number of hydrogen-bond donors (Lipinski definition) is 1. The maximum absolute atomic E-state index is 12.1. The van der Waals surface area contributed by atoms with Gasteiger partial charge < -0.3 is 14.6 Å². The van der Waals surface area contributed by atoms with Crippen LogP contribution in [0.4, 0.5) is 0 Å². The van der Waals surface area contributed by atoms with Gasteiger partial charge in [-0.15, -0.1) is 0 Å². The lowest BCUT2D eigenvalue weighted by Gasteiger charge is -2.15. The molecule has 0 amide bonds. The molecule has 0 aliphatic rings. The molecule has 0 rings (SSSR count). The molecule has 0 saturated heterocycles. The molecular formula is C37H72O5. The van der Waals surface area contributed by atoms with Gasteiger partial charge in [0.05, 0.1) is 6.61 Å². The van der Waals surface area contributed by atoms with Gasteiger partial charge in [0, 0.05) is 12.8 Å². The van der Waals surface area contributed by atoms with Crippen LogP contribution in [-0.4, -0.2) is 36.4 Å². The maximum Gasteiger partial charge on any atom is 0.306 e. The van der Waals surface area contributed by atoms with E-state index in [2.05, 4.69) is 20.8 Å². The molecule has 0 aromatic carbocycles. The molecule has 1 N–H and O–H groups in total. The summed E-state index contributed by atoms with van der Waals surface area (Å²) in [5, 5.41) is 9.51. The lowest BCUT2D eigenvalue weighted by molar-refractivity contribution is -0.161. The molecule has 0 heterocycles. The lowest BCUT2D eigenvalue weighted by atomic mass is 10.0. The third-order valence-corrected chi connectivity index (χ3v) is 8.33. The van der Waals surface area contributed by atoms with Crippen molar-refractivity contribution in [3.05, 3.63) is 0 Å². The first-order valence-electron chi connectivity index (χ1n) is 18.5. The average molecular weight is 597 g/mol. The van der Waals surface area contributed by atoms with Crippen LogP contribution in [0.25, 0.3) is 0 Å². The summed E-state index contributed by atoms with van der Waals surface area (Å²) in [4.78, 5) is 24.1. The van der Waals surface area contributed by atoms with E-state index in [0.717, 1.165) is 44.4 Å². The Hall–Kier alpha value is -1.10. The second kappa shape index (κ2) is 32.8. The van der Waals surface area contributed by atoms with Crippen LogP contribution in [0.15, 0.2) is 0 Å². The summed E-state index contributed by atoms with van der Waals surface area (Å²) in [7, 11) is 0. The molecule has 5 heteroatoms. The van der Waals surface area contributed by atoms with Gasteiger partial charge in [0.2, 0.25) is 0 Å². The smallest absolute Gasteiger partial charge is 0.306 e. The number of carbonyl (C=O) groups excluding carboxylic acids is 2. The van der Waals surface area contributed by atoms with Crippen LogP contribution in [0.5, 0.6) is 0 Å². The Morgan fingerprint density at radius 2 is 0.881 bits per heavy atom. The summed E-state index contributed by atoms with van der Waals surface area (Å²) < 4.78 is 10.6. The molecule has 0 radical (unpaired) electrons. The summed E-state index contributed by atoms with van der Waals surface area (Å²) in [5.41, 5.74) is 0. The van der Waals surface area contributed by atoms with E-state index in [-0.39, 0.29) is 25.2 Å². The number of unbranched alkanes of at least 4 members (excludes halogenated alkanes) is 23. The summed E-state index contributed by atoms with van der Waals surface area (Å²) in [6.07, 6.45) is 33.1. The number of aliphatic hydroxyl groups excluding tert-OH is 1. The average Bonchev–Trinajstić information content (AvgIpc) is 2.97. The SMILES string of the molecule is CCCCCCCCCCCCCCCCCCCCC(=O)O[C@@H](CO)COC(=O)CCCCCCCCCC(C)C. The van der Waals surface area contributed by atoms with Gasteiger partial charge in [-0.1, -0.05) is 175 Å². The fraction of sp³-hybridized carbons (Fsp3) is 0.946. The molecule has 0 aromatic rings. The van der Waals surface area contributed by atoms with Gasteiger partial charge in [-0.3, -0.25) is 9.59 Å². The first kappa shape index (κ1) is 40.9. The van der Waals surface area contributed by atoms with Gasteiger partial charge in [-0.25, -0.2) is 0 Å². The molecule has 0 aliphatic carbocycles. The number of aliphatic hydroxyl groups is 1. The van der Waals surface area contributed by atoms with Gasteiger partial charge in [0.25, 0.3) is 0 Å². The minimum absolute atomic E-state index is 0.0595. The Morgan fingerprint density at radius 3 is 1.26 bits per heavy atom. The van der Waals surface area contributed by atoms with E-state index >= 15 is 0 Å². The van der Waals surface area contributed by atoms with Crippen LogP contribution in [-0.2, 0) is 19.1 Å². The van der Waals surface area contributed by atoms with Crippen LogP contribution in [0, 0.1) is 5.92 Å². The first-order chi connectivity index (χ1) is 20.5. The van der Waals surface area contributed by atoms with Crippen molar-refractivity contribution in [2.45, 2.75) is 207 Å². The molecule has 0 fully saturated rings. The number of hydrogen-bond acceptors (Lipinski definition) is 5. The number of rotatable bonds is 33. The molecule has 0 saturated carbocycles. The van der Waals surface area contributed by atoms with Crippen LogP contribution >= 0.6 is 0 Å². The zero-order valence-corrected chi connectivity index (χ0v) is 28.4. The molecule has 5 nitrogen and oxygen atoms in total. The summed E-state index contributed by atoms with van der Waals surface area (Å²) >= 11 is 0. The van der Waals surface area contributed by atoms with E-state index in [9.17, 15) is 14.7 Å². The predicted molar refractivity (Wildman–Crippen MR) is 178 cm³/mol. The van der Waals surface area contributed by atoms with E-state index in [1.165, 1.54) is 128 Å². The van der Waals surface area contributed by atoms with Crippen molar-refractivity contribution in [2.24, 2.45) is 5.92 Å². The molecule has 0 spiro atoms. The third kappa shape index (κ3) is 31.8. The molecule has 0 aromatic heterocycles. The van der Waals surface area contributed by atoms with Crippen molar-refractivity contribution in [3.63, 3.8) is 0 Å². The summed E-state index contributed by atoms with van der Waals surface area (Å²) in [5.74, 6) is 0.211. The fourth-order valence-corrected chi connectivity index (χ4v) is 5.50. The van der Waals surface area contributed by atoms with E-state index in [1.807, 2.05) is 0 Å². The van der Waals surface area contributed by atoms with Crippen molar-refractivity contribution in [3.8, 4) is 0 Å². The second-order valence-electron chi connectivity index (χ2n) is 13.1. The maximum atomic E-state index is 12.1. The van der Waals surface area contributed by atoms with E-state index in [0.29, 0.717) is 12.8 Å². The van der Waals surface area contributed by atoms with Gasteiger partial charge in [-0.05, 0) is 18.8 Å². The largest absolute Gasteiger partial charge is 0.462 e. The summed E-state index contributed by atoms with van der Waals surface area (Å²) in [6.45, 7) is 6.44. The number of ether oxygens (including phenoxy) is 2. The minimum atomic E-state index is -0.761. The molecule has 1 atom stereocenters. The first-order valence-corrected chi connectivity index (χ1v) is 18.5. The van der Waals surface area contributed by atoms with Gasteiger partial charge in [-0.2, -0.15) is 0 Å². The predicted octanol–water partition coefficient (Wildman–Crippen LogP) is 11.0. The Kier molecular flexibility index (Phi) is 31.9. The van der Waals surface area contributed by atoms with Crippen molar-refractivity contribution < 1.29 is 24.2 Å². The zero-order chi connectivity index (χ0) is 30.9. The van der Waals surface area contributed by atoms with Gasteiger partial charge in [0.1, 0.15) is 6.61 Å². The van der Waals surface area contributed by atoms with Crippen molar-refractivity contribution in [1.82, 2.24) is 0 Å². The van der Waals surface area contributed by atoms with E-state index in [1.54, 1.807) is 0 Å². The van der Waals surface area contributed by atoms with Crippen LogP contribution in [0.2, 0.25) is 0 Å². The topological polar surface area (TPSA) is 72.8 Å². The number of esters is 2. The molecule has 0 bridgehead atoms. The van der Waals surface area contributed by atoms with Gasteiger partial charge >= 0.3 is 11.9 Å². The number of carbonyl (C=O) groups is 2. The van der Waals surface area contributed by atoms with Gasteiger partial charge in [0.15, 0.2) is 6.10 Å². The Labute approximate surface area is 261 Å². The van der Waals surface area contributed by atoms with Crippen molar-refractivity contribution in [1.29, 1.82) is 0 Å². The van der Waals surface area contributed by atoms with Crippen molar-refractivity contribution >= 4 is 11.9 Å². The lowest BCUT2D eigenvalue weighted by Crippen LogP contribution is -2.28. The van der Waals surface area contributed by atoms with Crippen molar-refractivity contribution in [2.75, 3.05) is 13.2 Å². The van der Waals surface area contributed by atoms with Crippen LogP contribution in [0.1, 0.15) is 201 Å². The van der Waals surface area contributed by atoms with Crippen LogP contribution < -0.4 is 0 Å². The molecular weight excluding hydrogens is 524 g/mol. The molecule has 42 heavy (non-hydrogen) atoms. The highest BCUT2D eigenvalue weighted by Gasteiger charge is 2.16. The quantitative estimate of drug-likeness (QED) is 0.0602. The monoisotopic (exact) mass is 597 g/mol. The third-order valence-electron chi connectivity index (χ3n) is 8.33. The second-order valence-corrected chi connectivity index (χ2v) is 13.1. The Bertz CT molecular complexity index is 577. The zero-order valence-electron chi connectivity index (χ0n) is 28.4. The highest BCUT2D eigenvalue weighted by atomic mass is 16.6. The highest BCUT2D eigenvalue weighted by Crippen LogP contribution is 2.15. The molecule has 0 aliphatic heterocycles. The van der Waals surface area contributed by atoms with E-state index < -0.39 is 6.10 Å². The molecule has 0 unspecified atom stereocenters. The summed E-state index contributed by atoms with van der Waals surface area (Å²) in [6, 6.07) is 0. The Balaban J connectivity index is 3.49. The standard InChI is InChI=1S/C37H72O5/c1-4-5-6-7-8-9-10-11-12-13-14-15-16-17-18-21-25-28-31-37(40)42-35(32-38)33-41-36(39)30-27-24-22-19-20-23-26-29-34(2)3/h34-35,38H,4-33H2,1-3H3/t35-/m0/s1.